The molecule has 0 aliphatic carbocycles. The lowest BCUT2D eigenvalue weighted by molar-refractivity contribution is -0.170. The van der Waals surface area contributed by atoms with Gasteiger partial charge in [0.15, 0.2) is 5.22 Å². The third kappa shape index (κ3) is 2.29. The van der Waals surface area contributed by atoms with Crippen molar-refractivity contribution in [3.05, 3.63) is 35.0 Å². The maximum Gasteiger partial charge on any atom is 0.450 e. The van der Waals surface area contributed by atoms with Crippen LogP contribution in [0.1, 0.15) is 5.56 Å². The molecule has 0 radical (unpaired) electrons. The molecule has 2 rings (SSSR count). The number of carbonyl (C=O) groups is 1. The molecule has 0 spiro atoms. The SMILES string of the molecule is O=C(Cc1c(Cl)oc2ccccc12)C(F)(F)F. The third-order valence-electron chi connectivity index (χ3n) is 2.30. The van der Waals surface area contributed by atoms with Gasteiger partial charge in [-0.1, -0.05) is 18.2 Å². The minimum Gasteiger partial charge on any atom is -0.444 e. The number of hydrogen-bond donors (Lipinski definition) is 0. The minimum atomic E-state index is -4.86. The van der Waals surface area contributed by atoms with E-state index in [0.717, 1.165) is 0 Å². The monoisotopic (exact) mass is 262 g/mol. The number of fused-ring (bicyclic) bond motifs is 1. The summed E-state index contributed by atoms with van der Waals surface area (Å²) >= 11 is 5.68. The van der Waals surface area contributed by atoms with Crippen molar-refractivity contribution in [1.82, 2.24) is 0 Å². The Morgan fingerprint density at radius 3 is 2.59 bits per heavy atom. The molecule has 0 unspecified atom stereocenters. The van der Waals surface area contributed by atoms with E-state index in [1.807, 2.05) is 0 Å². The molecule has 90 valence electrons. The lowest BCUT2D eigenvalue weighted by atomic mass is 10.1. The molecule has 0 amide bonds. The first-order valence-corrected chi connectivity index (χ1v) is 5.03. The highest BCUT2D eigenvalue weighted by Gasteiger charge is 2.38. The summed E-state index contributed by atoms with van der Waals surface area (Å²) in [5.41, 5.74) is 0.437. The first-order chi connectivity index (χ1) is 7.89. The van der Waals surface area contributed by atoms with Gasteiger partial charge in [-0.15, -0.1) is 0 Å². The second-order valence-corrected chi connectivity index (χ2v) is 3.79. The number of benzene rings is 1. The summed E-state index contributed by atoms with van der Waals surface area (Å²) < 4.78 is 41.5. The molecular weight excluding hydrogens is 257 g/mol. The predicted octanol–water partition coefficient (Wildman–Crippen LogP) is 3.76. The molecule has 2 aromatic rings. The molecule has 0 aliphatic rings. The van der Waals surface area contributed by atoms with Crippen LogP contribution in [0.2, 0.25) is 5.22 Å². The topological polar surface area (TPSA) is 30.2 Å². The van der Waals surface area contributed by atoms with E-state index < -0.39 is 18.4 Å². The molecule has 1 aromatic heterocycles. The van der Waals surface area contributed by atoms with Gasteiger partial charge in [0.1, 0.15) is 5.58 Å². The van der Waals surface area contributed by atoms with Crippen LogP contribution in [0, 0.1) is 0 Å². The van der Waals surface area contributed by atoms with Gasteiger partial charge in [0.05, 0.1) is 0 Å². The maximum absolute atomic E-state index is 12.1. The summed E-state index contributed by atoms with van der Waals surface area (Å²) in [6.45, 7) is 0. The van der Waals surface area contributed by atoms with E-state index >= 15 is 0 Å². The van der Waals surface area contributed by atoms with Gasteiger partial charge in [-0.05, 0) is 17.7 Å². The van der Waals surface area contributed by atoms with Crippen LogP contribution in [0.5, 0.6) is 0 Å². The Morgan fingerprint density at radius 1 is 1.29 bits per heavy atom. The summed E-state index contributed by atoms with van der Waals surface area (Å²) in [5, 5.41) is 0.249. The molecule has 1 aromatic carbocycles. The zero-order chi connectivity index (χ0) is 12.6. The van der Waals surface area contributed by atoms with Crippen molar-refractivity contribution < 1.29 is 22.4 Å². The van der Waals surface area contributed by atoms with Gasteiger partial charge < -0.3 is 4.42 Å². The first-order valence-electron chi connectivity index (χ1n) is 4.65. The Labute approximate surface area is 99.0 Å². The largest absolute Gasteiger partial charge is 0.450 e. The minimum absolute atomic E-state index is 0.0737. The number of hydrogen-bond acceptors (Lipinski definition) is 2. The van der Waals surface area contributed by atoms with Gasteiger partial charge in [0.25, 0.3) is 0 Å². The number of Topliss-reactive ketones (excluding diaryl/α,β-unsaturated/α-hetero) is 1. The zero-order valence-corrected chi connectivity index (χ0v) is 9.10. The highest BCUT2D eigenvalue weighted by Crippen LogP contribution is 2.31. The van der Waals surface area contributed by atoms with E-state index in [2.05, 4.69) is 0 Å². The van der Waals surface area contributed by atoms with Crippen molar-refractivity contribution in [1.29, 1.82) is 0 Å². The Balaban J connectivity index is 2.42. The van der Waals surface area contributed by atoms with E-state index in [1.165, 1.54) is 0 Å². The molecule has 6 heteroatoms. The van der Waals surface area contributed by atoms with Crippen molar-refractivity contribution in [2.75, 3.05) is 0 Å². The fourth-order valence-corrected chi connectivity index (χ4v) is 1.75. The van der Waals surface area contributed by atoms with E-state index in [0.29, 0.717) is 11.0 Å². The van der Waals surface area contributed by atoms with Crippen molar-refractivity contribution in [2.24, 2.45) is 0 Å². The van der Waals surface area contributed by atoms with Gasteiger partial charge in [0.2, 0.25) is 5.78 Å². The summed E-state index contributed by atoms with van der Waals surface area (Å²) in [6.07, 6.45) is -5.67. The second kappa shape index (κ2) is 4.07. The molecule has 0 saturated heterocycles. The fourth-order valence-electron chi connectivity index (χ4n) is 1.49. The Hall–Kier alpha value is -1.49. The Kier molecular flexibility index (Phi) is 2.87. The van der Waals surface area contributed by atoms with Gasteiger partial charge in [0, 0.05) is 17.4 Å². The molecule has 0 fully saturated rings. The molecule has 0 atom stereocenters. The van der Waals surface area contributed by atoms with E-state index in [9.17, 15) is 18.0 Å². The lowest BCUT2D eigenvalue weighted by Crippen LogP contribution is -2.24. The van der Waals surface area contributed by atoms with Gasteiger partial charge in [-0.25, -0.2) is 0 Å². The van der Waals surface area contributed by atoms with Crippen LogP contribution in [0.25, 0.3) is 11.0 Å². The zero-order valence-electron chi connectivity index (χ0n) is 8.34. The van der Waals surface area contributed by atoms with Crippen LogP contribution in [-0.2, 0) is 11.2 Å². The van der Waals surface area contributed by atoms with Crippen molar-refractivity contribution in [3.63, 3.8) is 0 Å². The quantitative estimate of drug-likeness (QED) is 0.825. The highest BCUT2D eigenvalue weighted by atomic mass is 35.5. The summed E-state index contributed by atoms with van der Waals surface area (Å²) in [7, 11) is 0. The van der Waals surface area contributed by atoms with E-state index in [1.54, 1.807) is 24.3 Å². The Morgan fingerprint density at radius 2 is 1.94 bits per heavy atom. The molecule has 0 N–H and O–H groups in total. The molecule has 0 bridgehead atoms. The number of furan rings is 1. The first kappa shape index (κ1) is 12.0. The van der Waals surface area contributed by atoms with Gasteiger partial charge in [-0.2, -0.15) is 13.2 Å². The standard InChI is InChI=1S/C11H6ClF3O2/c12-10-7(5-9(16)11(13,14)15)6-3-1-2-4-8(6)17-10/h1-4H,5H2. The summed E-state index contributed by atoms with van der Waals surface area (Å²) in [6, 6.07) is 6.43. The highest BCUT2D eigenvalue weighted by molar-refractivity contribution is 6.31. The van der Waals surface area contributed by atoms with Gasteiger partial charge in [-0.3, -0.25) is 4.79 Å². The van der Waals surface area contributed by atoms with E-state index in [-0.39, 0.29) is 10.8 Å². The second-order valence-electron chi connectivity index (χ2n) is 3.45. The van der Waals surface area contributed by atoms with Crippen LogP contribution in [0.3, 0.4) is 0 Å². The molecular formula is C11H6ClF3O2. The van der Waals surface area contributed by atoms with Crippen LogP contribution in [0.15, 0.2) is 28.7 Å². The average molecular weight is 263 g/mol. The molecule has 1 heterocycles. The lowest BCUT2D eigenvalue weighted by Gasteiger charge is -2.03. The van der Waals surface area contributed by atoms with Crippen LogP contribution in [-0.4, -0.2) is 12.0 Å². The maximum atomic E-state index is 12.1. The molecule has 0 aliphatic heterocycles. The van der Waals surface area contributed by atoms with Crippen LogP contribution < -0.4 is 0 Å². The fraction of sp³-hybridized carbons (Fsp3) is 0.182. The predicted molar refractivity (Wildman–Crippen MR) is 56.0 cm³/mol. The van der Waals surface area contributed by atoms with Crippen LogP contribution in [0.4, 0.5) is 13.2 Å². The van der Waals surface area contributed by atoms with Crippen molar-refractivity contribution >= 4 is 28.4 Å². The molecule has 0 saturated carbocycles. The van der Waals surface area contributed by atoms with Gasteiger partial charge >= 0.3 is 6.18 Å². The molecule has 2 nitrogen and oxygen atoms in total. The van der Waals surface area contributed by atoms with Crippen LogP contribution >= 0.6 is 11.6 Å². The molecule has 17 heavy (non-hydrogen) atoms. The summed E-state index contributed by atoms with van der Waals surface area (Å²) in [4.78, 5) is 10.9. The number of ketones is 1. The smallest absolute Gasteiger partial charge is 0.444 e. The number of carbonyl (C=O) groups excluding carboxylic acids is 1. The Bertz CT molecular complexity index is 572. The number of rotatable bonds is 2. The third-order valence-corrected chi connectivity index (χ3v) is 2.61. The van der Waals surface area contributed by atoms with Crippen molar-refractivity contribution in [3.8, 4) is 0 Å². The normalized spacial score (nSPS) is 12.0. The number of halogens is 4. The average Bonchev–Trinajstić information content (AvgIpc) is 2.54. The van der Waals surface area contributed by atoms with Crippen molar-refractivity contribution in [2.45, 2.75) is 12.6 Å². The number of alkyl halides is 3. The number of para-hydroxylation sites is 1. The van der Waals surface area contributed by atoms with E-state index in [4.69, 9.17) is 16.0 Å². The summed E-state index contributed by atoms with van der Waals surface area (Å²) in [5.74, 6) is -1.84.